The van der Waals surface area contributed by atoms with Gasteiger partial charge in [-0.3, -0.25) is 0 Å². The summed E-state index contributed by atoms with van der Waals surface area (Å²) < 4.78 is 0. The molecule has 0 amide bonds. The van der Waals surface area contributed by atoms with Crippen molar-refractivity contribution in [3.05, 3.63) is 38.8 Å². The van der Waals surface area contributed by atoms with Crippen molar-refractivity contribution in [2.75, 3.05) is 0 Å². The molecular weight excluding hydrogens is 214 g/mol. The Hall–Kier alpha value is -0.170. The van der Waals surface area contributed by atoms with Gasteiger partial charge < -0.3 is 0 Å². The van der Waals surface area contributed by atoms with Crippen LogP contribution in [-0.4, -0.2) is 0 Å². The monoisotopic (exact) mass is 220 g/mol. The highest BCUT2D eigenvalue weighted by Crippen LogP contribution is 2.29. The fraction of sp³-hybridized carbons (Fsp3) is 0.111. The van der Waals surface area contributed by atoms with Crippen molar-refractivity contribution in [1.29, 1.82) is 0 Å². The summed E-state index contributed by atoms with van der Waals surface area (Å²) in [6, 6.07) is 3.34. The number of allylic oxidation sites excluding steroid dienone is 1. The van der Waals surface area contributed by atoms with E-state index in [1.54, 1.807) is 12.1 Å². The standard InChI is InChI=1S/C9H7Cl3/c1-2-3-7-8(11)4-6(10)5-9(7)12/h2-5H,1H3. The molecule has 0 radical (unpaired) electrons. The van der Waals surface area contributed by atoms with Crippen LogP contribution in [0.3, 0.4) is 0 Å². The molecule has 0 saturated carbocycles. The molecule has 3 heteroatoms. The molecule has 0 atom stereocenters. The van der Waals surface area contributed by atoms with Gasteiger partial charge in [0.1, 0.15) is 0 Å². The van der Waals surface area contributed by atoms with Crippen LogP contribution in [0.5, 0.6) is 0 Å². The van der Waals surface area contributed by atoms with Gasteiger partial charge in [-0.25, -0.2) is 0 Å². The number of hydrogen-bond acceptors (Lipinski definition) is 0. The highest BCUT2D eigenvalue weighted by atomic mass is 35.5. The van der Waals surface area contributed by atoms with Gasteiger partial charge in [0.25, 0.3) is 0 Å². The number of halogens is 3. The zero-order chi connectivity index (χ0) is 9.14. The molecule has 0 nitrogen and oxygen atoms in total. The van der Waals surface area contributed by atoms with Crippen LogP contribution in [0.25, 0.3) is 6.08 Å². The molecule has 0 saturated heterocycles. The average Bonchev–Trinajstić information content (AvgIpc) is 1.96. The third-order valence-electron chi connectivity index (χ3n) is 1.38. The molecule has 0 N–H and O–H groups in total. The van der Waals surface area contributed by atoms with Crippen molar-refractivity contribution in [3.63, 3.8) is 0 Å². The molecule has 0 aliphatic heterocycles. The van der Waals surface area contributed by atoms with Crippen molar-refractivity contribution < 1.29 is 0 Å². The maximum absolute atomic E-state index is 5.89. The zero-order valence-corrected chi connectivity index (χ0v) is 8.71. The number of benzene rings is 1. The molecule has 1 aromatic rings. The molecule has 0 fully saturated rings. The number of hydrogen-bond donors (Lipinski definition) is 0. The van der Waals surface area contributed by atoms with E-state index in [2.05, 4.69) is 0 Å². The first-order chi connectivity index (χ1) is 5.65. The molecule has 1 rings (SSSR count). The summed E-state index contributed by atoms with van der Waals surface area (Å²) in [6.07, 6.45) is 3.72. The van der Waals surface area contributed by atoms with Crippen LogP contribution in [0, 0.1) is 0 Å². The lowest BCUT2D eigenvalue weighted by Crippen LogP contribution is -1.77. The molecule has 0 aliphatic rings. The fourth-order valence-electron chi connectivity index (χ4n) is 0.879. The summed E-state index contributed by atoms with van der Waals surface area (Å²) in [7, 11) is 0. The van der Waals surface area contributed by atoms with E-state index in [-0.39, 0.29) is 0 Å². The van der Waals surface area contributed by atoms with Gasteiger partial charge in [-0.1, -0.05) is 47.0 Å². The smallest absolute Gasteiger partial charge is 0.0508 e. The van der Waals surface area contributed by atoms with Crippen LogP contribution in [-0.2, 0) is 0 Å². The molecule has 64 valence electrons. The van der Waals surface area contributed by atoms with Crippen molar-refractivity contribution in [2.24, 2.45) is 0 Å². The maximum atomic E-state index is 5.89. The van der Waals surface area contributed by atoms with Crippen LogP contribution >= 0.6 is 34.8 Å². The first kappa shape index (κ1) is 9.91. The van der Waals surface area contributed by atoms with Gasteiger partial charge in [0.2, 0.25) is 0 Å². The van der Waals surface area contributed by atoms with Crippen LogP contribution in [0.15, 0.2) is 18.2 Å². The molecule has 0 aliphatic carbocycles. The summed E-state index contributed by atoms with van der Waals surface area (Å²) >= 11 is 17.5. The van der Waals surface area contributed by atoms with E-state index < -0.39 is 0 Å². The fourth-order valence-corrected chi connectivity index (χ4v) is 1.82. The van der Waals surface area contributed by atoms with E-state index in [4.69, 9.17) is 34.8 Å². The van der Waals surface area contributed by atoms with E-state index in [1.165, 1.54) is 0 Å². The third-order valence-corrected chi connectivity index (χ3v) is 2.22. The van der Waals surface area contributed by atoms with Crippen LogP contribution in [0.2, 0.25) is 15.1 Å². The molecule has 1 aromatic carbocycles. The van der Waals surface area contributed by atoms with Gasteiger partial charge in [0.15, 0.2) is 0 Å². The van der Waals surface area contributed by atoms with Gasteiger partial charge >= 0.3 is 0 Å². The van der Waals surface area contributed by atoms with Crippen molar-refractivity contribution >= 4 is 40.9 Å². The Kier molecular flexibility index (Phi) is 3.45. The van der Waals surface area contributed by atoms with E-state index in [1.807, 2.05) is 19.1 Å². The summed E-state index contributed by atoms with van der Waals surface area (Å²) in [5.74, 6) is 0. The van der Waals surface area contributed by atoms with Gasteiger partial charge in [0.05, 0.1) is 10.0 Å². The Balaban J connectivity index is 3.28. The Morgan fingerprint density at radius 3 is 2.00 bits per heavy atom. The summed E-state index contributed by atoms with van der Waals surface area (Å²) in [5.41, 5.74) is 0.810. The van der Waals surface area contributed by atoms with Crippen molar-refractivity contribution in [3.8, 4) is 0 Å². The van der Waals surface area contributed by atoms with E-state index >= 15 is 0 Å². The highest BCUT2D eigenvalue weighted by Gasteiger charge is 2.03. The Labute approximate surface area is 86.7 Å². The molecular formula is C9H7Cl3. The second kappa shape index (κ2) is 4.18. The van der Waals surface area contributed by atoms with Gasteiger partial charge in [-0.2, -0.15) is 0 Å². The predicted molar refractivity (Wildman–Crippen MR) is 56.2 cm³/mol. The zero-order valence-electron chi connectivity index (χ0n) is 6.44. The van der Waals surface area contributed by atoms with Crippen LogP contribution in [0.1, 0.15) is 12.5 Å². The van der Waals surface area contributed by atoms with Crippen molar-refractivity contribution in [1.82, 2.24) is 0 Å². The minimum atomic E-state index is 0.554. The molecule has 12 heavy (non-hydrogen) atoms. The molecule has 0 bridgehead atoms. The minimum absolute atomic E-state index is 0.554. The van der Waals surface area contributed by atoms with E-state index in [9.17, 15) is 0 Å². The Morgan fingerprint density at radius 2 is 1.58 bits per heavy atom. The lowest BCUT2D eigenvalue weighted by molar-refractivity contribution is 1.64. The van der Waals surface area contributed by atoms with Crippen LogP contribution in [0.4, 0.5) is 0 Å². The lowest BCUT2D eigenvalue weighted by atomic mass is 10.2. The molecule has 0 unspecified atom stereocenters. The van der Waals surface area contributed by atoms with Crippen LogP contribution < -0.4 is 0 Å². The SMILES string of the molecule is CC=Cc1c(Cl)cc(Cl)cc1Cl. The maximum Gasteiger partial charge on any atom is 0.0508 e. The Morgan fingerprint density at radius 1 is 1.08 bits per heavy atom. The quantitative estimate of drug-likeness (QED) is 0.646. The lowest BCUT2D eigenvalue weighted by Gasteiger charge is -2.01. The molecule has 0 aromatic heterocycles. The summed E-state index contributed by atoms with van der Waals surface area (Å²) in [5, 5.41) is 1.70. The first-order valence-corrected chi connectivity index (χ1v) is 4.55. The second-order valence-electron chi connectivity index (χ2n) is 2.28. The largest absolute Gasteiger partial charge is 0.0870 e. The summed E-state index contributed by atoms with van der Waals surface area (Å²) in [4.78, 5) is 0. The van der Waals surface area contributed by atoms with E-state index in [0.717, 1.165) is 5.56 Å². The molecule has 0 heterocycles. The van der Waals surface area contributed by atoms with E-state index in [0.29, 0.717) is 15.1 Å². The number of rotatable bonds is 1. The van der Waals surface area contributed by atoms with Gasteiger partial charge in [0, 0.05) is 10.6 Å². The average molecular weight is 222 g/mol. The highest BCUT2D eigenvalue weighted by molar-refractivity contribution is 6.40. The molecule has 0 spiro atoms. The third kappa shape index (κ3) is 2.16. The summed E-state index contributed by atoms with van der Waals surface area (Å²) in [6.45, 7) is 1.90. The van der Waals surface area contributed by atoms with Gasteiger partial charge in [-0.05, 0) is 19.1 Å². The Bertz CT molecular complexity index is 293. The predicted octanol–water partition coefficient (Wildman–Crippen LogP) is 4.68. The first-order valence-electron chi connectivity index (χ1n) is 3.42. The normalized spacial score (nSPS) is 11.0. The van der Waals surface area contributed by atoms with Crippen molar-refractivity contribution in [2.45, 2.75) is 6.92 Å². The topological polar surface area (TPSA) is 0 Å². The van der Waals surface area contributed by atoms with Gasteiger partial charge in [-0.15, -0.1) is 0 Å². The minimum Gasteiger partial charge on any atom is -0.0870 e. The second-order valence-corrected chi connectivity index (χ2v) is 3.53.